The summed E-state index contributed by atoms with van der Waals surface area (Å²) in [6.45, 7) is 2.14. The van der Waals surface area contributed by atoms with Crippen molar-refractivity contribution in [2.45, 2.75) is 31.0 Å². The maximum atomic E-state index is 12.8. The van der Waals surface area contributed by atoms with Crippen LogP contribution >= 0.6 is 15.9 Å². The molecule has 0 bridgehead atoms. The molecule has 0 fully saturated rings. The Labute approximate surface area is 134 Å². The standard InChI is InChI=1S/C18H20BrNO/c1-2-3-14-17(19)18(21)20(15-10-6-4-7-11-15)16-12-8-5-9-13-16/h4-13,17H,2-3,14H2,1H3. The molecule has 2 aromatic rings. The van der Waals surface area contributed by atoms with E-state index in [1.54, 1.807) is 4.90 Å². The van der Waals surface area contributed by atoms with E-state index in [0.29, 0.717) is 0 Å². The van der Waals surface area contributed by atoms with E-state index in [1.807, 2.05) is 60.7 Å². The van der Waals surface area contributed by atoms with Gasteiger partial charge in [0.1, 0.15) is 0 Å². The number of nitrogens with zero attached hydrogens (tertiary/aromatic N) is 1. The van der Waals surface area contributed by atoms with Crippen LogP contribution in [0.4, 0.5) is 11.4 Å². The van der Waals surface area contributed by atoms with Crippen LogP contribution < -0.4 is 4.90 Å². The summed E-state index contributed by atoms with van der Waals surface area (Å²) in [5.41, 5.74) is 1.80. The molecule has 0 radical (unpaired) electrons. The summed E-state index contributed by atoms with van der Waals surface area (Å²) in [6.07, 6.45) is 2.98. The summed E-state index contributed by atoms with van der Waals surface area (Å²) in [5, 5.41) is 0. The molecule has 110 valence electrons. The third-order valence-electron chi connectivity index (χ3n) is 3.33. The van der Waals surface area contributed by atoms with Crippen molar-refractivity contribution in [3.8, 4) is 0 Å². The van der Waals surface area contributed by atoms with Gasteiger partial charge in [0.15, 0.2) is 0 Å². The van der Waals surface area contributed by atoms with Gasteiger partial charge in [-0.2, -0.15) is 0 Å². The Morgan fingerprint density at radius 2 is 1.48 bits per heavy atom. The van der Waals surface area contributed by atoms with Gasteiger partial charge in [0.2, 0.25) is 5.91 Å². The molecule has 0 aliphatic carbocycles. The van der Waals surface area contributed by atoms with Crippen LogP contribution in [0.2, 0.25) is 0 Å². The normalized spacial score (nSPS) is 11.9. The van der Waals surface area contributed by atoms with Crippen LogP contribution in [0.15, 0.2) is 60.7 Å². The second-order valence-electron chi connectivity index (χ2n) is 4.95. The number of hydrogen-bond acceptors (Lipinski definition) is 1. The number of hydrogen-bond donors (Lipinski definition) is 0. The second kappa shape index (κ2) is 7.99. The SMILES string of the molecule is CCCCC(Br)C(=O)N(c1ccccc1)c1ccccc1. The molecule has 1 amide bonds. The molecule has 21 heavy (non-hydrogen) atoms. The van der Waals surface area contributed by atoms with Crippen LogP contribution in [-0.2, 0) is 4.79 Å². The largest absolute Gasteiger partial charge is 0.280 e. The minimum absolute atomic E-state index is 0.0841. The first-order valence-corrected chi connectivity index (χ1v) is 8.23. The Bertz CT molecular complexity index is 516. The van der Waals surface area contributed by atoms with Gasteiger partial charge in [-0.3, -0.25) is 9.69 Å². The van der Waals surface area contributed by atoms with Crippen molar-refractivity contribution >= 4 is 33.2 Å². The number of amides is 1. The molecule has 3 heteroatoms. The van der Waals surface area contributed by atoms with E-state index in [4.69, 9.17) is 0 Å². The molecule has 0 aromatic heterocycles. The highest BCUT2D eigenvalue weighted by Gasteiger charge is 2.24. The number of anilines is 2. The van der Waals surface area contributed by atoms with Crippen LogP contribution in [0, 0.1) is 0 Å². The first kappa shape index (κ1) is 15.8. The quantitative estimate of drug-likeness (QED) is 0.650. The topological polar surface area (TPSA) is 20.3 Å². The molecular weight excluding hydrogens is 326 g/mol. The third kappa shape index (κ3) is 4.18. The maximum Gasteiger partial charge on any atom is 0.245 e. The van der Waals surface area contributed by atoms with Crippen molar-refractivity contribution in [2.75, 3.05) is 4.90 Å². The first-order chi connectivity index (χ1) is 10.2. The summed E-state index contributed by atoms with van der Waals surface area (Å²) in [4.78, 5) is 14.5. The summed E-state index contributed by atoms with van der Waals surface area (Å²) >= 11 is 3.55. The van der Waals surface area contributed by atoms with Crippen molar-refractivity contribution in [2.24, 2.45) is 0 Å². The number of rotatable bonds is 6. The van der Waals surface area contributed by atoms with E-state index in [2.05, 4.69) is 22.9 Å². The fourth-order valence-corrected chi connectivity index (χ4v) is 2.73. The molecular formula is C18H20BrNO. The maximum absolute atomic E-state index is 12.8. The van der Waals surface area contributed by atoms with E-state index in [0.717, 1.165) is 30.6 Å². The van der Waals surface area contributed by atoms with Crippen molar-refractivity contribution in [1.82, 2.24) is 0 Å². The number of para-hydroxylation sites is 2. The van der Waals surface area contributed by atoms with Gasteiger partial charge in [0.25, 0.3) is 0 Å². The zero-order valence-corrected chi connectivity index (χ0v) is 13.8. The molecule has 0 aliphatic rings. The van der Waals surface area contributed by atoms with Crippen LogP contribution in [-0.4, -0.2) is 10.7 Å². The average molecular weight is 346 g/mol. The lowest BCUT2D eigenvalue weighted by molar-refractivity contribution is -0.117. The summed E-state index contributed by atoms with van der Waals surface area (Å²) in [6, 6.07) is 19.6. The molecule has 1 atom stereocenters. The summed E-state index contributed by atoms with van der Waals surface area (Å²) < 4.78 is 0. The van der Waals surface area contributed by atoms with Gasteiger partial charge in [0, 0.05) is 11.4 Å². The molecule has 1 unspecified atom stereocenters. The molecule has 2 nitrogen and oxygen atoms in total. The van der Waals surface area contributed by atoms with Crippen molar-refractivity contribution < 1.29 is 4.79 Å². The molecule has 2 aromatic carbocycles. The lowest BCUT2D eigenvalue weighted by atomic mass is 10.1. The van der Waals surface area contributed by atoms with Crippen molar-refractivity contribution in [3.63, 3.8) is 0 Å². The lowest BCUT2D eigenvalue weighted by Crippen LogP contribution is -2.32. The Morgan fingerprint density at radius 1 is 1.00 bits per heavy atom. The first-order valence-electron chi connectivity index (χ1n) is 7.32. The van der Waals surface area contributed by atoms with Crippen LogP contribution in [0.5, 0.6) is 0 Å². The predicted octanol–water partition coefficient (Wildman–Crippen LogP) is 5.31. The van der Waals surface area contributed by atoms with Gasteiger partial charge in [-0.05, 0) is 30.7 Å². The van der Waals surface area contributed by atoms with E-state index < -0.39 is 0 Å². The van der Waals surface area contributed by atoms with Gasteiger partial charge < -0.3 is 0 Å². The van der Waals surface area contributed by atoms with E-state index in [1.165, 1.54) is 0 Å². The van der Waals surface area contributed by atoms with Crippen molar-refractivity contribution in [3.05, 3.63) is 60.7 Å². The highest BCUT2D eigenvalue weighted by molar-refractivity contribution is 9.10. The van der Waals surface area contributed by atoms with E-state index in [9.17, 15) is 4.79 Å². The smallest absolute Gasteiger partial charge is 0.245 e. The van der Waals surface area contributed by atoms with Crippen LogP contribution in [0.3, 0.4) is 0 Å². The summed E-state index contributed by atoms with van der Waals surface area (Å²) in [5.74, 6) is 0.0841. The number of benzene rings is 2. The molecule has 0 saturated carbocycles. The Balaban J connectivity index is 2.31. The number of unbranched alkanes of at least 4 members (excludes halogenated alkanes) is 1. The number of carbonyl (C=O) groups is 1. The van der Waals surface area contributed by atoms with E-state index >= 15 is 0 Å². The monoisotopic (exact) mass is 345 g/mol. The zero-order valence-electron chi connectivity index (χ0n) is 12.2. The van der Waals surface area contributed by atoms with Crippen molar-refractivity contribution in [1.29, 1.82) is 0 Å². The summed E-state index contributed by atoms with van der Waals surface area (Å²) in [7, 11) is 0. The Hall–Kier alpha value is -1.61. The van der Waals surface area contributed by atoms with Gasteiger partial charge in [-0.25, -0.2) is 0 Å². The van der Waals surface area contributed by atoms with Gasteiger partial charge >= 0.3 is 0 Å². The van der Waals surface area contributed by atoms with Gasteiger partial charge in [-0.15, -0.1) is 0 Å². The molecule has 0 aliphatic heterocycles. The minimum atomic E-state index is -0.155. The molecule has 0 N–H and O–H groups in total. The number of alkyl halides is 1. The fourth-order valence-electron chi connectivity index (χ4n) is 2.20. The number of halogens is 1. The van der Waals surface area contributed by atoms with Crippen LogP contribution in [0.25, 0.3) is 0 Å². The lowest BCUT2D eigenvalue weighted by Gasteiger charge is -2.25. The number of carbonyl (C=O) groups excluding carboxylic acids is 1. The third-order valence-corrected chi connectivity index (χ3v) is 4.18. The average Bonchev–Trinajstić information content (AvgIpc) is 2.54. The second-order valence-corrected chi connectivity index (χ2v) is 6.06. The molecule has 0 saturated heterocycles. The Morgan fingerprint density at radius 3 is 1.90 bits per heavy atom. The van der Waals surface area contributed by atoms with Gasteiger partial charge in [0.05, 0.1) is 4.83 Å². The highest BCUT2D eigenvalue weighted by Crippen LogP contribution is 2.28. The van der Waals surface area contributed by atoms with E-state index in [-0.39, 0.29) is 10.7 Å². The van der Waals surface area contributed by atoms with Gasteiger partial charge in [-0.1, -0.05) is 72.1 Å². The molecule has 0 heterocycles. The zero-order chi connectivity index (χ0) is 15.1. The Kier molecular flexibility index (Phi) is 6.00. The van der Waals surface area contributed by atoms with Crippen LogP contribution in [0.1, 0.15) is 26.2 Å². The molecule has 0 spiro atoms. The minimum Gasteiger partial charge on any atom is -0.280 e. The predicted molar refractivity (Wildman–Crippen MR) is 92.3 cm³/mol. The fraction of sp³-hybridized carbons (Fsp3) is 0.278. The highest BCUT2D eigenvalue weighted by atomic mass is 79.9. The molecule has 2 rings (SSSR count).